The first-order valence-electron chi connectivity index (χ1n) is 7.46. The Balaban J connectivity index is 1.81. The molecule has 1 unspecified atom stereocenters. The maximum Gasteiger partial charge on any atom is 0.165 e. The van der Waals surface area contributed by atoms with Crippen molar-refractivity contribution in [1.29, 1.82) is 0 Å². The van der Waals surface area contributed by atoms with E-state index in [4.69, 9.17) is 14.2 Å². The highest BCUT2D eigenvalue weighted by molar-refractivity contribution is 5.47. The summed E-state index contributed by atoms with van der Waals surface area (Å²) in [6.07, 6.45) is 1.12. The Morgan fingerprint density at radius 1 is 1.20 bits per heavy atom. The summed E-state index contributed by atoms with van der Waals surface area (Å²) in [7, 11) is 0. The molecule has 0 bridgehead atoms. The molecule has 0 spiro atoms. The molecule has 1 aromatic carbocycles. The Kier molecular flexibility index (Phi) is 4.13. The van der Waals surface area contributed by atoms with Gasteiger partial charge in [0.2, 0.25) is 0 Å². The lowest BCUT2D eigenvalue weighted by molar-refractivity contribution is 0.111. The molecule has 2 heterocycles. The monoisotopic (exact) mass is 277 g/mol. The summed E-state index contributed by atoms with van der Waals surface area (Å²) in [6, 6.07) is 7.17. The summed E-state index contributed by atoms with van der Waals surface area (Å²) >= 11 is 0. The molecule has 1 saturated heterocycles. The quantitative estimate of drug-likeness (QED) is 0.846. The van der Waals surface area contributed by atoms with Crippen LogP contribution < -0.4 is 9.47 Å². The highest BCUT2D eigenvalue weighted by Crippen LogP contribution is 2.35. The van der Waals surface area contributed by atoms with Crippen molar-refractivity contribution in [2.24, 2.45) is 0 Å². The lowest BCUT2D eigenvalue weighted by Gasteiger charge is -2.33. The summed E-state index contributed by atoms with van der Waals surface area (Å²) in [5, 5.41) is 0. The van der Waals surface area contributed by atoms with Crippen LogP contribution in [0.3, 0.4) is 0 Å². The van der Waals surface area contributed by atoms with Crippen molar-refractivity contribution >= 4 is 0 Å². The molecule has 20 heavy (non-hydrogen) atoms. The molecule has 110 valence electrons. The van der Waals surface area contributed by atoms with Gasteiger partial charge in [0.25, 0.3) is 0 Å². The maximum absolute atomic E-state index is 5.81. The smallest absolute Gasteiger partial charge is 0.165 e. The van der Waals surface area contributed by atoms with Gasteiger partial charge in [-0.3, -0.25) is 4.90 Å². The van der Waals surface area contributed by atoms with Crippen LogP contribution in [0.15, 0.2) is 18.2 Å². The molecule has 2 aliphatic heterocycles. The average Bonchev–Trinajstić information content (AvgIpc) is 2.98. The highest BCUT2D eigenvalue weighted by atomic mass is 16.6. The minimum absolute atomic E-state index is 0.488. The van der Waals surface area contributed by atoms with Crippen molar-refractivity contribution in [3.8, 4) is 11.5 Å². The van der Waals surface area contributed by atoms with Crippen molar-refractivity contribution < 1.29 is 14.2 Å². The third-order valence-corrected chi connectivity index (χ3v) is 4.04. The van der Waals surface area contributed by atoms with Crippen LogP contribution in [0.25, 0.3) is 0 Å². The van der Waals surface area contributed by atoms with E-state index in [1.807, 2.05) is 12.1 Å². The Morgan fingerprint density at radius 3 is 2.80 bits per heavy atom. The van der Waals surface area contributed by atoms with Gasteiger partial charge in [0.15, 0.2) is 11.5 Å². The number of para-hydroxylation sites is 1. The third-order valence-electron chi connectivity index (χ3n) is 4.04. The molecule has 0 aromatic heterocycles. The SMILES string of the molecule is CC(C)N(Cc1cccc2c1OCCO2)C1CCOC1. The molecule has 0 aliphatic carbocycles. The molecule has 1 atom stereocenters. The van der Waals surface area contributed by atoms with E-state index in [2.05, 4.69) is 24.8 Å². The Bertz CT molecular complexity index is 455. The van der Waals surface area contributed by atoms with Crippen LogP contribution in [0.4, 0.5) is 0 Å². The van der Waals surface area contributed by atoms with Crippen molar-refractivity contribution in [3.63, 3.8) is 0 Å². The number of nitrogens with zero attached hydrogens (tertiary/aromatic N) is 1. The van der Waals surface area contributed by atoms with Gasteiger partial charge < -0.3 is 14.2 Å². The summed E-state index contributed by atoms with van der Waals surface area (Å²) in [6.45, 7) is 8.36. The van der Waals surface area contributed by atoms with Gasteiger partial charge in [0, 0.05) is 30.8 Å². The minimum Gasteiger partial charge on any atom is -0.486 e. The van der Waals surface area contributed by atoms with E-state index >= 15 is 0 Å². The molecule has 1 aromatic rings. The van der Waals surface area contributed by atoms with E-state index < -0.39 is 0 Å². The Morgan fingerprint density at radius 2 is 2.05 bits per heavy atom. The zero-order chi connectivity index (χ0) is 13.9. The standard InChI is InChI=1S/C16H23NO3/c1-12(2)17(14-6-7-18-11-14)10-13-4-3-5-15-16(13)20-9-8-19-15/h3-5,12,14H,6-11H2,1-2H3. The van der Waals surface area contributed by atoms with Crippen LogP contribution >= 0.6 is 0 Å². The topological polar surface area (TPSA) is 30.9 Å². The molecule has 4 heteroatoms. The van der Waals surface area contributed by atoms with E-state index in [9.17, 15) is 0 Å². The van der Waals surface area contributed by atoms with E-state index in [1.54, 1.807) is 0 Å². The number of fused-ring (bicyclic) bond motifs is 1. The summed E-state index contributed by atoms with van der Waals surface area (Å²) < 4.78 is 17.0. The fourth-order valence-electron chi connectivity index (χ4n) is 2.97. The molecule has 0 N–H and O–H groups in total. The summed E-state index contributed by atoms with van der Waals surface area (Å²) in [5.74, 6) is 1.79. The Hall–Kier alpha value is -1.26. The van der Waals surface area contributed by atoms with Gasteiger partial charge in [-0.25, -0.2) is 0 Å². The fraction of sp³-hybridized carbons (Fsp3) is 0.625. The Labute approximate surface area is 120 Å². The first-order valence-corrected chi connectivity index (χ1v) is 7.46. The van der Waals surface area contributed by atoms with Gasteiger partial charge in [-0.15, -0.1) is 0 Å². The fourth-order valence-corrected chi connectivity index (χ4v) is 2.97. The second-order valence-corrected chi connectivity index (χ2v) is 5.72. The molecule has 4 nitrogen and oxygen atoms in total. The first kappa shape index (κ1) is 13.7. The van der Waals surface area contributed by atoms with Crippen LogP contribution in [0, 0.1) is 0 Å². The predicted octanol–water partition coefficient (Wildman–Crippen LogP) is 2.46. The van der Waals surface area contributed by atoms with Crippen LogP contribution in [0.5, 0.6) is 11.5 Å². The van der Waals surface area contributed by atoms with Crippen LogP contribution in [-0.2, 0) is 11.3 Å². The summed E-state index contributed by atoms with van der Waals surface area (Å²) in [5.41, 5.74) is 1.21. The van der Waals surface area contributed by atoms with Crippen molar-refractivity contribution in [2.75, 3.05) is 26.4 Å². The molecule has 0 amide bonds. The third kappa shape index (κ3) is 2.76. The van der Waals surface area contributed by atoms with Crippen LogP contribution in [-0.4, -0.2) is 43.4 Å². The van der Waals surface area contributed by atoms with Crippen LogP contribution in [0.2, 0.25) is 0 Å². The first-order chi connectivity index (χ1) is 9.75. The number of benzene rings is 1. The van der Waals surface area contributed by atoms with Gasteiger partial charge in [0.05, 0.1) is 6.61 Å². The lowest BCUT2D eigenvalue weighted by Crippen LogP contribution is -2.40. The number of hydrogen-bond donors (Lipinski definition) is 0. The molecular formula is C16H23NO3. The predicted molar refractivity (Wildman–Crippen MR) is 77.3 cm³/mol. The molecule has 0 saturated carbocycles. The molecule has 3 rings (SSSR count). The van der Waals surface area contributed by atoms with Crippen LogP contribution in [0.1, 0.15) is 25.8 Å². The molecule has 2 aliphatic rings. The summed E-state index contributed by atoms with van der Waals surface area (Å²) in [4.78, 5) is 2.50. The van der Waals surface area contributed by atoms with Gasteiger partial charge in [-0.2, -0.15) is 0 Å². The lowest BCUT2D eigenvalue weighted by atomic mass is 10.1. The number of ether oxygens (including phenoxy) is 3. The molecule has 1 fully saturated rings. The van der Waals surface area contributed by atoms with Gasteiger partial charge >= 0.3 is 0 Å². The minimum atomic E-state index is 0.488. The van der Waals surface area contributed by atoms with Gasteiger partial charge in [-0.05, 0) is 26.3 Å². The van der Waals surface area contributed by atoms with Crippen molar-refractivity contribution in [2.45, 2.75) is 38.9 Å². The second-order valence-electron chi connectivity index (χ2n) is 5.72. The van der Waals surface area contributed by atoms with E-state index in [0.717, 1.165) is 37.7 Å². The number of rotatable bonds is 4. The zero-order valence-electron chi connectivity index (χ0n) is 12.3. The second kappa shape index (κ2) is 6.02. The van der Waals surface area contributed by atoms with E-state index in [0.29, 0.717) is 25.3 Å². The largest absolute Gasteiger partial charge is 0.486 e. The normalized spacial score (nSPS) is 21.7. The molecular weight excluding hydrogens is 254 g/mol. The maximum atomic E-state index is 5.81. The van der Waals surface area contributed by atoms with Gasteiger partial charge in [-0.1, -0.05) is 12.1 Å². The average molecular weight is 277 g/mol. The van der Waals surface area contributed by atoms with E-state index in [1.165, 1.54) is 5.56 Å². The number of hydrogen-bond acceptors (Lipinski definition) is 4. The van der Waals surface area contributed by atoms with Crippen molar-refractivity contribution in [3.05, 3.63) is 23.8 Å². The molecule has 0 radical (unpaired) electrons. The van der Waals surface area contributed by atoms with E-state index in [-0.39, 0.29) is 0 Å². The highest BCUT2D eigenvalue weighted by Gasteiger charge is 2.27. The van der Waals surface area contributed by atoms with Crippen molar-refractivity contribution in [1.82, 2.24) is 4.90 Å². The zero-order valence-corrected chi connectivity index (χ0v) is 12.3. The van der Waals surface area contributed by atoms with Gasteiger partial charge in [0.1, 0.15) is 13.2 Å².